The van der Waals surface area contributed by atoms with Crippen molar-refractivity contribution in [2.24, 2.45) is 0 Å². The SMILES string of the molecule is CCC(=O)Nc1ccc(NC(=O)c2cccnc2N2CCCCC2)cc1. The van der Waals surface area contributed by atoms with E-state index in [1.54, 1.807) is 43.5 Å². The lowest BCUT2D eigenvalue weighted by Crippen LogP contribution is -2.32. The lowest BCUT2D eigenvalue weighted by molar-refractivity contribution is -0.115. The van der Waals surface area contributed by atoms with Crippen LogP contribution in [0.4, 0.5) is 17.2 Å². The summed E-state index contributed by atoms with van der Waals surface area (Å²) in [5.74, 6) is 0.531. The number of piperidine rings is 1. The van der Waals surface area contributed by atoms with Crippen LogP contribution in [-0.4, -0.2) is 29.9 Å². The second-order valence-corrected chi connectivity index (χ2v) is 6.36. The molecule has 26 heavy (non-hydrogen) atoms. The first-order chi connectivity index (χ1) is 12.7. The fraction of sp³-hybridized carbons (Fsp3) is 0.350. The normalized spacial score (nSPS) is 14.0. The number of hydrogen-bond acceptors (Lipinski definition) is 4. The number of rotatable bonds is 5. The Hall–Kier alpha value is -2.89. The minimum absolute atomic E-state index is 0.0386. The minimum Gasteiger partial charge on any atom is -0.356 e. The van der Waals surface area contributed by atoms with Gasteiger partial charge in [0.1, 0.15) is 5.82 Å². The van der Waals surface area contributed by atoms with E-state index >= 15 is 0 Å². The summed E-state index contributed by atoms with van der Waals surface area (Å²) in [5, 5.41) is 5.70. The summed E-state index contributed by atoms with van der Waals surface area (Å²) in [6.07, 6.45) is 5.64. The Morgan fingerprint density at radius 2 is 1.65 bits per heavy atom. The van der Waals surface area contributed by atoms with Gasteiger partial charge in [0.05, 0.1) is 5.56 Å². The Balaban J connectivity index is 1.71. The van der Waals surface area contributed by atoms with Gasteiger partial charge in [-0.2, -0.15) is 0 Å². The summed E-state index contributed by atoms with van der Waals surface area (Å²) >= 11 is 0. The van der Waals surface area contributed by atoms with Crippen LogP contribution >= 0.6 is 0 Å². The van der Waals surface area contributed by atoms with E-state index in [0.29, 0.717) is 23.4 Å². The fourth-order valence-corrected chi connectivity index (χ4v) is 3.02. The molecule has 1 aliphatic heterocycles. The molecular weight excluding hydrogens is 328 g/mol. The van der Waals surface area contributed by atoms with Crippen LogP contribution in [-0.2, 0) is 4.79 Å². The molecule has 2 amide bonds. The molecule has 0 unspecified atom stereocenters. The molecule has 1 aromatic carbocycles. The zero-order chi connectivity index (χ0) is 18.4. The average molecular weight is 352 g/mol. The molecule has 0 aliphatic carbocycles. The molecule has 1 saturated heterocycles. The number of pyridine rings is 1. The Kier molecular flexibility index (Phi) is 5.84. The van der Waals surface area contributed by atoms with Crippen molar-refractivity contribution in [1.29, 1.82) is 0 Å². The number of amides is 2. The third kappa shape index (κ3) is 4.39. The van der Waals surface area contributed by atoms with Gasteiger partial charge in [-0.25, -0.2) is 4.98 Å². The number of hydrogen-bond donors (Lipinski definition) is 2. The zero-order valence-corrected chi connectivity index (χ0v) is 15.0. The van der Waals surface area contributed by atoms with Crippen molar-refractivity contribution >= 4 is 29.0 Å². The van der Waals surface area contributed by atoms with Crippen molar-refractivity contribution in [2.75, 3.05) is 28.6 Å². The van der Waals surface area contributed by atoms with Crippen LogP contribution in [0.1, 0.15) is 43.0 Å². The maximum Gasteiger partial charge on any atom is 0.259 e. The first-order valence-electron chi connectivity index (χ1n) is 9.08. The summed E-state index contributed by atoms with van der Waals surface area (Å²) in [7, 11) is 0. The molecule has 2 aromatic rings. The van der Waals surface area contributed by atoms with E-state index in [1.165, 1.54) is 6.42 Å². The molecular formula is C20H24N4O2. The molecule has 6 nitrogen and oxygen atoms in total. The van der Waals surface area contributed by atoms with Gasteiger partial charge in [0, 0.05) is 37.1 Å². The van der Waals surface area contributed by atoms with Gasteiger partial charge in [-0.3, -0.25) is 9.59 Å². The maximum atomic E-state index is 12.7. The lowest BCUT2D eigenvalue weighted by atomic mass is 10.1. The van der Waals surface area contributed by atoms with Gasteiger partial charge in [-0.15, -0.1) is 0 Å². The molecule has 1 fully saturated rings. The molecule has 1 aromatic heterocycles. The van der Waals surface area contributed by atoms with Crippen LogP contribution in [0.25, 0.3) is 0 Å². The number of carbonyl (C=O) groups excluding carboxylic acids is 2. The Bertz CT molecular complexity index is 768. The monoisotopic (exact) mass is 352 g/mol. The smallest absolute Gasteiger partial charge is 0.259 e. The highest BCUT2D eigenvalue weighted by atomic mass is 16.2. The molecule has 6 heteroatoms. The molecule has 1 aliphatic rings. The highest BCUT2D eigenvalue weighted by molar-refractivity contribution is 6.07. The van der Waals surface area contributed by atoms with Crippen molar-refractivity contribution in [1.82, 2.24) is 4.98 Å². The van der Waals surface area contributed by atoms with Crippen molar-refractivity contribution in [3.05, 3.63) is 48.2 Å². The van der Waals surface area contributed by atoms with Crippen molar-refractivity contribution in [2.45, 2.75) is 32.6 Å². The van der Waals surface area contributed by atoms with Gasteiger partial charge in [-0.05, 0) is 55.7 Å². The quantitative estimate of drug-likeness (QED) is 0.861. The number of anilines is 3. The second kappa shape index (κ2) is 8.47. The summed E-state index contributed by atoms with van der Waals surface area (Å²) in [6, 6.07) is 10.7. The van der Waals surface area contributed by atoms with Crippen molar-refractivity contribution in [3.8, 4) is 0 Å². The summed E-state index contributed by atoms with van der Waals surface area (Å²) in [5.41, 5.74) is 1.97. The van der Waals surface area contributed by atoms with Crippen molar-refractivity contribution < 1.29 is 9.59 Å². The summed E-state index contributed by atoms with van der Waals surface area (Å²) in [4.78, 5) is 30.8. The molecule has 0 atom stereocenters. The maximum absolute atomic E-state index is 12.7. The third-order valence-corrected chi connectivity index (χ3v) is 4.43. The van der Waals surface area contributed by atoms with Gasteiger partial charge >= 0.3 is 0 Å². The first kappa shape index (κ1) is 17.9. The highest BCUT2D eigenvalue weighted by Crippen LogP contribution is 2.23. The van der Waals surface area contributed by atoms with Crippen LogP contribution < -0.4 is 15.5 Å². The number of aromatic nitrogens is 1. The van der Waals surface area contributed by atoms with E-state index in [0.717, 1.165) is 31.7 Å². The van der Waals surface area contributed by atoms with E-state index < -0.39 is 0 Å². The van der Waals surface area contributed by atoms with E-state index in [2.05, 4.69) is 20.5 Å². The fourth-order valence-electron chi connectivity index (χ4n) is 3.02. The number of nitrogens with one attached hydrogen (secondary N) is 2. The molecule has 0 radical (unpaired) electrons. The van der Waals surface area contributed by atoms with E-state index in [9.17, 15) is 9.59 Å². The first-order valence-corrected chi connectivity index (χ1v) is 9.08. The third-order valence-electron chi connectivity index (χ3n) is 4.43. The molecule has 136 valence electrons. The Morgan fingerprint density at radius 1 is 1.00 bits per heavy atom. The summed E-state index contributed by atoms with van der Waals surface area (Å²) < 4.78 is 0. The van der Waals surface area contributed by atoms with Gasteiger partial charge < -0.3 is 15.5 Å². The number of nitrogens with zero attached hydrogens (tertiary/aromatic N) is 2. The largest absolute Gasteiger partial charge is 0.356 e. The van der Waals surface area contributed by atoms with Crippen molar-refractivity contribution in [3.63, 3.8) is 0 Å². The van der Waals surface area contributed by atoms with Gasteiger partial charge in [0.25, 0.3) is 5.91 Å². The Morgan fingerprint density at radius 3 is 2.31 bits per heavy atom. The van der Waals surface area contributed by atoms with E-state index in [-0.39, 0.29) is 11.8 Å². The van der Waals surface area contributed by atoms with Crippen LogP contribution in [0, 0.1) is 0 Å². The van der Waals surface area contributed by atoms with Gasteiger partial charge in [0.15, 0.2) is 0 Å². The number of carbonyl (C=O) groups is 2. The molecule has 2 N–H and O–H groups in total. The molecule has 2 heterocycles. The summed E-state index contributed by atoms with van der Waals surface area (Å²) in [6.45, 7) is 3.67. The predicted octanol–water partition coefficient (Wildman–Crippen LogP) is 3.67. The van der Waals surface area contributed by atoms with E-state index in [1.807, 2.05) is 6.07 Å². The molecule has 0 spiro atoms. The van der Waals surface area contributed by atoms with Crippen LogP contribution in [0.3, 0.4) is 0 Å². The predicted molar refractivity (Wildman–Crippen MR) is 104 cm³/mol. The lowest BCUT2D eigenvalue weighted by Gasteiger charge is -2.29. The molecule has 0 bridgehead atoms. The molecule has 3 rings (SSSR count). The highest BCUT2D eigenvalue weighted by Gasteiger charge is 2.19. The number of benzene rings is 1. The average Bonchev–Trinajstić information content (AvgIpc) is 2.70. The van der Waals surface area contributed by atoms with Gasteiger partial charge in [0.2, 0.25) is 5.91 Å². The van der Waals surface area contributed by atoms with Crippen LogP contribution in [0.15, 0.2) is 42.6 Å². The van der Waals surface area contributed by atoms with Crippen LogP contribution in [0.2, 0.25) is 0 Å². The zero-order valence-electron chi connectivity index (χ0n) is 15.0. The van der Waals surface area contributed by atoms with Crippen LogP contribution in [0.5, 0.6) is 0 Å². The Labute approximate surface area is 153 Å². The topological polar surface area (TPSA) is 74.3 Å². The van der Waals surface area contributed by atoms with Gasteiger partial charge in [-0.1, -0.05) is 6.92 Å². The van der Waals surface area contributed by atoms with E-state index in [4.69, 9.17) is 0 Å². The minimum atomic E-state index is -0.177. The standard InChI is InChI=1S/C20H24N4O2/c1-2-18(25)22-15-8-10-16(11-9-15)23-20(26)17-7-6-12-21-19(17)24-13-4-3-5-14-24/h6-12H,2-5,13-14H2,1H3,(H,22,25)(H,23,26). The molecule has 0 saturated carbocycles. The second-order valence-electron chi connectivity index (χ2n) is 6.36.